The van der Waals surface area contributed by atoms with Gasteiger partial charge < -0.3 is 10.7 Å². The zero-order chi connectivity index (χ0) is 13.9. The number of rotatable bonds is 5. The van der Waals surface area contributed by atoms with Crippen molar-refractivity contribution in [2.24, 2.45) is 0 Å². The van der Waals surface area contributed by atoms with Crippen molar-refractivity contribution in [3.63, 3.8) is 0 Å². The first kappa shape index (κ1) is 13.5. The van der Waals surface area contributed by atoms with Crippen molar-refractivity contribution in [3.05, 3.63) is 42.2 Å². The van der Waals surface area contributed by atoms with E-state index in [4.69, 9.17) is 5.73 Å². The second kappa shape index (κ2) is 5.37. The van der Waals surface area contributed by atoms with Crippen LogP contribution in [0.25, 0.3) is 0 Å². The van der Waals surface area contributed by atoms with Gasteiger partial charge in [0, 0.05) is 31.0 Å². The number of H-pyrrole nitrogens is 1. The molecule has 0 spiro atoms. The molecule has 19 heavy (non-hydrogen) atoms. The van der Waals surface area contributed by atoms with Crippen molar-refractivity contribution >= 4 is 15.7 Å². The Morgan fingerprint density at radius 1 is 1.42 bits per heavy atom. The number of sulfonamides is 1. The van der Waals surface area contributed by atoms with E-state index >= 15 is 0 Å². The molecule has 4 N–H and O–H groups in total. The number of aromatic amines is 1. The highest BCUT2D eigenvalue weighted by Gasteiger charge is 2.18. The van der Waals surface area contributed by atoms with Gasteiger partial charge in [0.1, 0.15) is 16.5 Å². The van der Waals surface area contributed by atoms with Gasteiger partial charge in [0.15, 0.2) is 0 Å². The lowest BCUT2D eigenvalue weighted by atomic mass is 10.3. The van der Waals surface area contributed by atoms with Crippen LogP contribution >= 0.6 is 0 Å². The number of nitrogens with zero attached hydrogens (tertiary/aromatic N) is 1. The minimum atomic E-state index is -3.88. The fourth-order valence-electron chi connectivity index (χ4n) is 1.55. The van der Waals surface area contributed by atoms with E-state index < -0.39 is 20.7 Å². The molecule has 102 valence electrons. The van der Waals surface area contributed by atoms with Crippen molar-refractivity contribution < 1.29 is 12.8 Å². The van der Waals surface area contributed by atoms with Gasteiger partial charge in [-0.25, -0.2) is 22.5 Å². The van der Waals surface area contributed by atoms with Crippen molar-refractivity contribution in [3.8, 4) is 0 Å². The molecule has 1 aromatic heterocycles. The first-order chi connectivity index (χ1) is 8.99. The highest BCUT2D eigenvalue weighted by Crippen LogP contribution is 2.16. The van der Waals surface area contributed by atoms with E-state index in [1.807, 2.05) is 0 Å². The number of aromatic nitrogens is 2. The fraction of sp³-hybridized carbons (Fsp3) is 0.182. The quantitative estimate of drug-likeness (QED) is 0.702. The van der Waals surface area contributed by atoms with Crippen LogP contribution in [-0.2, 0) is 16.4 Å². The van der Waals surface area contributed by atoms with Gasteiger partial charge in [-0.3, -0.25) is 0 Å². The number of nitrogen functional groups attached to an aromatic ring is 1. The van der Waals surface area contributed by atoms with Crippen LogP contribution < -0.4 is 10.5 Å². The van der Waals surface area contributed by atoms with E-state index in [0.29, 0.717) is 12.2 Å². The predicted molar refractivity (Wildman–Crippen MR) is 68.3 cm³/mol. The van der Waals surface area contributed by atoms with Gasteiger partial charge in [0.05, 0.1) is 0 Å². The summed E-state index contributed by atoms with van der Waals surface area (Å²) in [5, 5.41) is 0. The number of nitrogens with two attached hydrogens (primary N) is 1. The Bertz CT molecular complexity index is 655. The van der Waals surface area contributed by atoms with Crippen LogP contribution in [0, 0.1) is 5.82 Å². The van der Waals surface area contributed by atoms with Gasteiger partial charge in [-0.2, -0.15) is 0 Å². The molecule has 8 heteroatoms. The van der Waals surface area contributed by atoms with E-state index in [1.54, 1.807) is 12.4 Å². The second-order valence-corrected chi connectivity index (χ2v) is 5.61. The molecule has 0 radical (unpaired) electrons. The molecule has 0 unspecified atom stereocenters. The smallest absolute Gasteiger partial charge is 0.243 e. The highest BCUT2D eigenvalue weighted by molar-refractivity contribution is 7.89. The lowest BCUT2D eigenvalue weighted by molar-refractivity contribution is 0.557. The maximum atomic E-state index is 13.5. The third kappa shape index (κ3) is 3.30. The number of hydrogen-bond donors (Lipinski definition) is 3. The van der Waals surface area contributed by atoms with Gasteiger partial charge in [-0.1, -0.05) is 0 Å². The Balaban J connectivity index is 2.05. The predicted octanol–water partition coefficient (Wildman–Crippen LogP) is 0.652. The largest absolute Gasteiger partial charge is 0.399 e. The second-order valence-electron chi connectivity index (χ2n) is 3.87. The molecule has 1 aromatic carbocycles. The summed E-state index contributed by atoms with van der Waals surface area (Å²) in [6.45, 7) is 0.125. The molecule has 0 fully saturated rings. The molecule has 2 aromatic rings. The molecule has 2 rings (SSSR count). The first-order valence-corrected chi connectivity index (χ1v) is 7.00. The van der Waals surface area contributed by atoms with Crippen molar-refractivity contribution in [1.82, 2.24) is 14.7 Å². The molecular weight excluding hydrogens is 271 g/mol. The molecule has 0 amide bonds. The summed E-state index contributed by atoms with van der Waals surface area (Å²) in [5.41, 5.74) is 5.54. The highest BCUT2D eigenvalue weighted by atomic mass is 32.2. The molecule has 0 aliphatic heterocycles. The van der Waals surface area contributed by atoms with Crippen molar-refractivity contribution in [2.75, 3.05) is 12.3 Å². The zero-order valence-electron chi connectivity index (χ0n) is 9.93. The van der Waals surface area contributed by atoms with Gasteiger partial charge in [0.2, 0.25) is 10.0 Å². The van der Waals surface area contributed by atoms with Gasteiger partial charge >= 0.3 is 0 Å². The lowest BCUT2D eigenvalue weighted by Gasteiger charge is -2.07. The van der Waals surface area contributed by atoms with Crippen molar-refractivity contribution in [2.45, 2.75) is 11.3 Å². The zero-order valence-corrected chi connectivity index (χ0v) is 10.7. The average Bonchev–Trinajstić information content (AvgIpc) is 2.81. The summed E-state index contributed by atoms with van der Waals surface area (Å²) >= 11 is 0. The number of benzene rings is 1. The van der Waals surface area contributed by atoms with Crippen LogP contribution in [0.15, 0.2) is 35.5 Å². The Kier molecular flexibility index (Phi) is 3.82. The summed E-state index contributed by atoms with van der Waals surface area (Å²) in [6.07, 6.45) is 3.61. The van der Waals surface area contributed by atoms with Crippen LogP contribution in [0.4, 0.5) is 10.1 Å². The van der Waals surface area contributed by atoms with Crippen LogP contribution in [-0.4, -0.2) is 24.9 Å². The van der Waals surface area contributed by atoms with Gasteiger partial charge in [0.25, 0.3) is 0 Å². The summed E-state index contributed by atoms with van der Waals surface area (Å²) in [4.78, 5) is 6.39. The van der Waals surface area contributed by atoms with Crippen LogP contribution in [0.2, 0.25) is 0 Å². The van der Waals surface area contributed by atoms with E-state index in [1.165, 1.54) is 6.07 Å². The molecule has 0 aliphatic rings. The molecule has 0 saturated carbocycles. The molecular formula is C11H13FN4O2S. The maximum Gasteiger partial charge on any atom is 0.243 e. The molecule has 0 aliphatic carbocycles. The third-order valence-corrected chi connectivity index (χ3v) is 3.95. The minimum Gasteiger partial charge on any atom is -0.399 e. The Morgan fingerprint density at radius 3 is 2.84 bits per heavy atom. The first-order valence-electron chi connectivity index (χ1n) is 5.52. The third-order valence-electron chi connectivity index (χ3n) is 2.45. The van der Waals surface area contributed by atoms with Crippen LogP contribution in [0.3, 0.4) is 0 Å². The Labute approximate surface area is 109 Å². The van der Waals surface area contributed by atoms with E-state index in [-0.39, 0.29) is 12.2 Å². The number of nitrogens with one attached hydrogen (secondary N) is 2. The fourth-order valence-corrected chi connectivity index (χ4v) is 2.64. The standard InChI is InChI=1S/C11H13FN4O2S/c12-9-7-8(13)1-2-10(9)19(17,18)16-4-3-11-14-5-6-15-11/h1-2,5-7,16H,3-4,13H2,(H,14,15). The minimum absolute atomic E-state index is 0.125. The number of halogens is 1. The number of imidazole rings is 1. The lowest BCUT2D eigenvalue weighted by Crippen LogP contribution is -2.27. The van der Waals surface area contributed by atoms with Gasteiger partial charge in [-0.15, -0.1) is 0 Å². The topological polar surface area (TPSA) is 101 Å². The van der Waals surface area contributed by atoms with Gasteiger partial charge in [-0.05, 0) is 18.2 Å². The summed E-state index contributed by atoms with van der Waals surface area (Å²) in [7, 11) is -3.88. The molecule has 6 nitrogen and oxygen atoms in total. The number of anilines is 1. The van der Waals surface area contributed by atoms with E-state index in [2.05, 4.69) is 14.7 Å². The molecule has 0 saturated heterocycles. The SMILES string of the molecule is Nc1ccc(S(=O)(=O)NCCc2ncc[nH]2)c(F)c1. The van der Waals surface area contributed by atoms with E-state index in [0.717, 1.165) is 12.1 Å². The molecule has 0 atom stereocenters. The van der Waals surface area contributed by atoms with E-state index in [9.17, 15) is 12.8 Å². The molecule has 1 heterocycles. The normalized spacial score (nSPS) is 11.6. The summed E-state index contributed by atoms with van der Waals surface area (Å²) < 4.78 is 39.6. The Hall–Kier alpha value is -1.93. The average molecular weight is 284 g/mol. The maximum absolute atomic E-state index is 13.5. The van der Waals surface area contributed by atoms with Crippen LogP contribution in [0.1, 0.15) is 5.82 Å². The molecule has 0 bridgehead atoms. The monoisotopic (exact) mass is 284 g/mol. The summed E-state index contributed by atoms with van der Waals surface area (Å²) in [5.74, 6) is -0.217. The number of hydrogen-bond acceptors (Lipinski definition) is 4. The summed E-state index contributed by atoms with van der Waals surface area (Å²) in [6, 6.07) is 3.45. The van der Waals surface area contributed by atoms with Crippen LogP contribution in [0.5, 0.6) is 0 Å². The Morgan fingerprint density at radius 2 is 2.21 bits per heavy atom. The van der Waals surface area contributed by atoms with Crippen molar-refractivity contribution in [1.29, 1.82) is 0 Å².